The van der Waals surface area contributed by atoms with E-state index >= 15 is 0 Å². The molecule has 1 atom stereocenters. The molecule has 3 N–H and O–H groups in total. The minimum Gasteiger partial charge on any atom is -0.502 e. The number of aromatic amines is 1. The van der Waals surface area contributed by atoms with E-state index in [2.05, 4.69) is 44.2 Å². The third kappa shape index (κ3) is 7.43. The number of benzene rings is 2. The van der Waals surface area contributed by atoms with E-state index in [1.54, 1.807) is 0 Å². The van der Waals surface area contributed by atoms with Crippen molar-refractivity contribution in [1.29, 1.82) is 0 Å². The van der Waals surface area contributed by atoms with Gasteiger partial charge in [0, 0.05) is 50.1 Å². The molecule has 0 aliphatic carbocycles. The minimum atomic E-state index is -0.629. The SMILES string of the molecule is CC(=O)NCC(Cc1ccc(C#Cc2ccc(CN3CCOCC3)cc2)c(Cl)c1)c1nc[nH]c(=O)c1O. The van der Waals surface area contributed by atoms with Gasteiger partial charge in [-0.3, -0.25) is 14.5 Å². The molecule has 0 radical (unpaired) electrons. The molecular formula is C28H29ClN4O4. The lowest BCUT2D eigenvalue weighted by Gasteiger charge is -2.26. The second kappa shape index (κ2) is 12.5. The van der Waals surface area contributed by atoms with E-state index in [9.17, 15) is 14.7 Å². The van der Waals surface area contributed by atoms with Crippen molar-refractivity contribution in [1.82, 2.24) is 20.2 Å². The first-order valence-electron chi connectivity index (χ1n) is 12.1. The standard InChI is InChI=1S/C28H29ClN4O4/c1-19(34)30-16-24(26-27(35)28(36)32-18-31-26)14-22-7-9-23(25(29)15-22)8-6-20-2-4-21(5-3-20)17-33-10-12-37-13-11-33/h2-5,7,9,15,18,24,35H,10-14,16-17H2,1H3,(H,30,34)(H,31,32,36). The number of ether oxygens (including phenoxy) is 1. The molecule has 9 heteroatoms. The second-order valence-electron chi connectivity index (χ2n) is 8.95. The van der Waals surface area contributed by atoms with Gasteiger partial charge in [0.05, 0.1) is 30.3 Å². The molecule has 1 fully saturated rings. The average molecular weight is 521 g/mol. The van der Waals surface area contributed by atoms with Gasteiger partial charge in [-0.15, -0.1) is 0 Å². The third-order valence-electron chi connectivity index (χ3n) is 6.16. The molecular weight excluding hydrogens is 492 g/mol. The lowest BCUT2D eigenvalue weighted by Crippen LogP contribution is -2.35. The van der Waals surface area contributed by atoms with Crippen LogP contribution in [0.3, 0.4) is 0 Å². The fraction of sp³-hybridized carbons (Fsp3) is 0.321. The maximum Gasteiger partial charge on any atom is 0.293 e. The highest BCUT2D eigenvalue weighted by atomic mass is 35.5. The molecule has 37 heavy (non-hydrogen) atoms. The predicted octanol–water partition coefficient (Wildman–Crippen LogP) is 2.82. The molecule has 3 aromatic rings. The van der Waals surface area contributed by atoms with Crippen LogP contribution in [0.15, 0.2) is 53.6 Å². The summed E-state index contributed by atoms with van der Waals surface area (Å²) in [5.41, 5.74) is 3.28. The number of halogens is 1. The van der Waals surface area contributed by atoms with E-state index in [-0.39, 0.29) is 18.1 Å². The highest BCUT2D eigenvalue weighted by molar-refractivity contribution is 6.31. The summed E-state index contributed by atoms with van der Waals surface area (Å²) in [6.45, 7) is 5.98. The zero-order valence-corrected chi connectivity index (χ0v) is 21.3. The Labute approximate surface area is 220 Å². The fourth-order valence-electron chi connectivity index (χ4n) is 4.16. The van der Waals surface area contributed by atoms with Crippen LogP contribution in [0.5, 0.6) is 5.75 Å². The first kappa shape index (κ1) is 26.4. The van der Waals surface area contributed by atoms with Gasteiger partial charge >= 0.3 is 0 Å². The summed E-state index contributed by atoms with van der Waals surface area (Å²) < 4.78 is 5.40. The van der Waals surface area contributed by atoms with Crippen LogP contribution in [0.1, 0.15) is 40.8 Å². The lowest BCUT2D eigenvalue weighted by atomic mass is 9.94. The van der Waals surface area contributed by atoms with E-state index in [0.29, 0.717) is 17.0 Å². The number of rotatable bonds is 7. The number of nitrogens with zero attached hydrogens (tertiary/aromatic N) is 2. The number of H-pyrrole nitrogens is 1. The zero-order chi connectivity index (χ0) is 26.2. The van der Waals surface area contributed by atoms with E-state index in [1.807, 2.05) is 30.3 Å². The van der Waals surface area contributed by atoms with Crippen LogP contribution in [0.4, 0.5) is 0 Å². The van der Waals surface area contributed by atoms with Crippen molar-refractivity contribution in [2.45, 2.75) is 25.8 Å². The number of hydrogen-bond donors (Lipinski definition) is 3. The van der Waals surface area contributed by atoms with Crippen molar-refractivity contribution in [2.24, 2.45) is 0 Å². The number of aromatic hydroxyl groups is 1. The fourth-order valence-corrected chi connectivity index (χ4v) is 4.41. The van der Waals surface area contributed by atoms with Crippen molar-refractivity contribution in [2.75, 3.05) is 32.8 Å². The first-order valence-corrected chi connectivity index (χ1v) is 12.5. The largest absolute Gasteiger partial charge is 0.502 e. The van der Waals surface area contributed by atoms with Gasteiger partial charge in [-0.2, -0.15) is 0 Å². The van der Waals surface area contributed by atoms with Gasteiger partial charge in [-0.05, 0) is 41.8 Å². The summed E-state index contributed by atoms with van der Waals surface area (Å²) in [7, 11) is 0. The quantitative estimate of drug-likeness (QED) is 0.414. The Morgan fingerprint density at radius 3 is 2.62 bits per heavy atom. The van der Waals surface area contributed by atoms with Gasteiger partial charge in [-0.25, -0.2) is 4.98 Å². The third-order valence-corrected chi connectivity index (χ3v) is 6.47. The average Bonchev–Trinajstić information content (AvgIpc) is 2.89. The molecule has 0 spiro atoms. The Morgan fingerprint density at radius 2 is 1.92 bits per heavy atom. The lowest BCUT2D eigenvalue weighted by molar-refractivity contribution is -0.119. The molecule has 2 aromatic carbocycles. The molecule has 1 aliphatic heterocycles. The van der Waals surface area contributed by atoms with Crippen LogP contribution in [0, 0.1) is 11.8 Å². The van der Waals surface area contributed by atoms with E-state index in [1.165, 1.54) is 18.8 Å². The van der Waals surface area contributed by atoms with E-state index < -0.39 is 17.2 Å². The van der Waals surface area contributed by atoms with Crippen LogP contribution in [-0.4, -0.2) is 58.7 Å². The highest BCUT2D eigenvalue weighted by Crippen LogP contribution is 2.26. The monoisotopic (exact) mass is 520 g/mol. The Balaban J connectivity index is 1.45. The number of morpholine rings is 1. The van der Waals surface area contributed by atoms with Gasteiger partial charge < -0.3 is 20.1 Å². The number of aromatic nitrogens is 2. The van der Waals surface area contributed by atoms with E-state index in [4.69, 9.17) is 16.3 Å². The van der Waals surface area contributed by atoms with Crippen LogP contribution in [-0.2, 0) is 22.5 Å². The van der Waals surface area contributed by atoms with Gasteiger partial charge in [-0.1, -0.05) is 41.6 Å². The van der Waals surface area contributed by atoms with Crippen LogP contribution in [0.25, 0.3) is 0 Å². The van der Waals surface area contributed by atoms with Crippen LogP contribution in [0.2, 0.25) is 5.02 Å². The molecule has 1 aromatic heterocycles. The van der Waals surface area contributed by atoms with E-state index in [0.717, 1.165) is 44.0 Å². The summed E-state index contributed by atoms with van der Waals surface area (Å²) in [6.07, 6.45) is 1.64. The summed E-state index contributed by atoms with van der Waals surface area (Å²) >= 11 is 6.53. The molecule has 1 unspecified atom stereocenters. The Bertz CT molecular complexity index is 1360. The maximum absolute atomic E-state index is 11.9. The number of carbonyl (C=O) groups is 1. The molecule has 192 valence electrons. The summed E-state index contributed by atoms with van der Waals surface area (Å²) in [6, 6.07) is 13.8. The molecule has 2 heterocycles. The normalized spacial score (nSPS) is 14.4. The van der Waals surface area contributed by atoms with Gasteiger partial charge in [0.15, 0.2) is 0 Å². The van der Waals surface area contributed by atoms with Gasteiger partial charge in [0.1, 0.15) is 0 Å². The Kier molecular flexibility index (Phi) is 8.96. The highest BCUT2D eigenvalue weighted by Gasteiger charge is 2.20. The minimum absolute atomic E-state index is 0.208. The molecule has 8 nitrogen and oxygen atoms in total. The smallest absolute Gasteiger partial charge is 0.293 e. The first-order chi connectivity index (χ1) is 17.9. The summed E-state index contributed by atoms with van der Waals surface area (Å²) in [5.74, 6) is 5.21. The molecule has 1 aliphatic rings. The Morgan fingerprint density at radius 1 is 1.19 bits per heavy atom. The van der Waals surface area contributed by atoms with Crippen LogP contribution < -0.4 is 10.9 Å². The van der Waals surface area contributed by atoms with Crippen LogP contribution >= 0.6 is 11.6 Å². The van der Waals surface area contributed by atoms with Crippen molar-refractivity contribution in [3.05, 3.63) is 92.1 Å². The van der Waals surface area contributed by atoms with Crippen molar-refractivity contribution >= 4 is 17.5 Å². The molecule has 0 bridgehead atoms. The number of hydrogen-bond acceptors (Lipinski definition) is 6. The molecule has 0 saturated carbocycles. The number of nitrogens with one attached hydrogen (secondary N) is 2. The zero-order valence-electron chi connectivity index (χ0n) is 20.6. The van der Waals surface area contributed by atoms with Crippen molar-refractivity contribution in [3.8, 4) is 17.6 Å². The maximum atomic E-state index is 11.9. The summed E-state index contributed by atoms with van der Waals surface area (Å²) in [5, 5.41) is 13.4. The van der Waals surface area contributed by atoms with Crippen molar-refractivity contribution in [3.63, 3.8) is 0 Å². The second-order valence-corrected chi connectivity index (χ2v) is 9.36. The summed E-state index contributed by atoms with van der Waals surface area (Å²) in [4.78, 5) is 32.2. The van der Waals surface area contributed by atoms with Crippen molar-refractivity contribution < 1.29 is 14.6 Å². The topological polar surface area (TPSA) is 108 Å². The molecule has 1 amide bonds. The van der Waals surface area contributed by atoms with Gasteiger partial charge in [0.2, 0.25) is 11.7 Å². The van der Waals surface area contributed by atoms with Gasteiger partial charge in [0.25, 0.3) is 5.56 Å². The predicted molar refractivity (Wildman–Crippen MR) is 142 cm³/mol. The Hall–Kier alpha value is -3.64. The molecule has 4 rings (SSSR count). The molecule has 1 saturated heterocycles. The number of amides is 1. The number of carbonyl (C=O) groups excluding carboxylic acids is 1.